The predicted octanol–water partition coefficient (Wildman–Crippen LogP) is 4.00. The van der Waals surface area contributed by atoms with Crippen molar-refractivity contribution in [3.8, 4) is 5.75 Å². The molecule has 5 heteroatoms. The lowest BCUT2D eigenvalue weighted by atomic mass is 10.1. The Morgan fingerprint density at radius 2 is 1.80 bits per heavy atom. The van der Waals surface area contributed by atoms with Gasteiger partial charge in [0.1, 0.15) is 5.75 Å². The summed E-state index contributed by atoms with van der Waals surface area (Å²) in [7, 11) is 0. The van der Waals surface area contributed by atoms with Crippen molar-refractivity contribution in [2.75, 3.05) is 11.6 Å². The number of hydrogen-bond donors (Lipinski definition) is 0. The molecule has 3 rings (SSSR count). The smallest absolute Gasteiger partial charge is 0.343 e. The highest BCUT2D eigenvalue weighted by Gasteiger charge is 2.16. The highest BCUT2D eigenvalue weighted by Crippen LogP contribution is 2.24. The molecule has 0 bridgehead atoms. The van der Waals surface area contributed by atoms with Crippen LogP contribution in [0.25, 0.3) is 0 Å². The lowest BCUT2D eigenvalue weighted by Gasteiger charge is -2.14. The van der Waals surface area contributed by atoms with Gasteiger partial charge in [-0.3, -0.25) is 9.80 Å². The Labute approximate surface area is 146 Å². The zero-order chi connectivity index (χ0) is 18.0. The second-order valence-electron chi connectivity index (χ2n) is 6.20. The van der Waals surface area contributed by atoms with Crippen molar-refractivity contribution in [2.45, 2.75) is 27.2 Å². The third-order valence-electron chi connectivity index (χ3n) is 4.10. The molecule has 0 fully saturated rings. The van der Waals surface area contributed by atoms with E-state index in [2.05, 4.69) is 5.10 Å². The number of aryl methyl sites for hydroxylation is 1. The van der Waals surface area contributed by atoms with Crippen LogP contribution in [0, 0.1) is 6.92 Å². The average Bonchev–Trinajstić information content (AvgIpc) is 3.01. The molecule has 1 aliphatic heterocycles. The highest BCUT2D eigenvalue weighted by atomic mass is 16.5. The predicted molar refractivity (Wildman–Crippen MR) is 97.7 cm³/mol. The van der Waals surface area contributed by atoms with Crippen LogP contribution in [-0.2, 0) is 0 Å². The summed E-state index contributed by atoms with van der Waals surface area (Å²) in [4.78, 5) is 24.1. The fraction of sp³-hybridized carbons (Fsp3) is 0.250. The third kappa shape index (κ3) is 3.76. The summed E-state index contributed by atoms with van der Waals surface area (Å²) >= 11 is 0. The highest BCUT2D eigenvalue weighted by molar-refractivity contribution is 5.99. The molecule has 0 amide bonds. The van der Waals surface area contributed by atoms with E-state index in [1.165, 1.54) is 6.92 Å². The number of Topliss-reactive ketones (excluding diaryl/α,β-unsaturated/α-hetero) is 1. The van der Waals surface area contributed by atoms with Gasteiger partial charge in [-0.05, 0) is 62.7 Å². The molecule has 0 radical (unpaired) electrons. The molecule has 1 aliphatic rings. The Balaban J connectivity index is 1.78. The van der Waals surface area contributed by atoms with Crippen molar-refractivity contribution in [3.63, 3.8) is 0 Å². The number of ketones is 1. The number of rotatable bonds is 4. The van der Waals surface area contributed by atoms with Gasteiger partial charge in [-0.15, -0.1) is 0 Å². The van der Waals surface area contributed by atoms with E-state index in [0.717, 1.165) is 29.9 Å². The Hall–Kier alpha value is -2.95. The summed E-state index contributed by atoms with van der Waals surface area (Å²) in [5.41, 5.74) is 3.79. The number of benzene rings is 2. The van der Waals surface area contributed by atoms with E-state index in [9.17, 15) is 9.59 Å². The SMILES string of the molecule is CC(=O)c1ccc(C)cc1OC(=O)c1ccc(N2CCC(C)=N2)cc1. The lowest BCUT2D eigenvalue weighted by Crippen LogP contribution is -2.13. The molecule has 2 aromatic carbocycles. The van der Waals surface area contributed by atoms with Gasteiger partial charge in [0.05, 0.1) is 16.8 Å². The van der Waals surface area contributed by atoms with Gasteiger partial charge < -0.3 is 4.74 Å². The number of esters is 1. The van der Waals surface area contributed by atoms with E-state index in [1.54, 1.807) is 24.3 Å². The number of hydrazone groups is 1. The first-order valence-electron chi connectivity index (χ1n) is 8.19. The Bertz CT molecular complexity index is 854. The van der Waals surface area contributed by atoms with Gasteiger partial charge in [0.2, 0.25) is 0 Å². The molecule has 128 valence electrons. The minimum atomic E-state index is -0.485. The zero-order valence-electron chi connectivity index (χ0n) is 14.6. The maximum atomic E-state index is 12.4. The molecule has 0 saturated heterocycles. The van der Waals surface area contributed by atoms with Crippen molar-refractivity contribution in [2.24, 2.45) is 5.10 Å². The number of nitrogens with zero attached hydrogens (tertiary/aromatic N) is 2. The van der Waals surface area contributed by atoms with Gasteiger partial charge in [0.25, 0.3) is 0 Å². The first-order chi connectivity index (χ1) is 11.9. The fourth-order valence-corrected chi connectivity index (χ4v) is 2.69. The number of anilines is 1. The minimum Gasteiger partial charge on any atom is -0.422 e. The molecular formula is C20H20N2O3. The van der Waals surface area contributed by atoms with Crippen LogP contribution in [0.5, 0.6) is 5.75 Å². The van der Waals surface area contributed by atoms with Crippen molar-refractivity contribution in [3.05, 3.63) is 59.2 Å². The maximum Gasteiger partial charge on any atom is 0.343 e. The molecule has 1 heterocycles. The topological polar surface area (TPSA) is 59.0 Å². The largest absolute Gasteiger partial charge is 0.422 e. The number of hydrogen-bond acceptors (Lipinski definition) is 5. The number of carbonyl (C=O) groups is 2. The summed E-state index contributed by atoms with van der Waals surface area (Å²) < 4.78 is 5.46. The molecule has 2 aromatic rings. The Kier molecular flexibility index (Phi) is 4.65. The van der Waals surface area contributed by atoms with E-state index in [1.807, 2.05) is 37.1 Å². The Morgan fingerprint density at radius 3 is 2.40 bits per heavy atom. The van der Waals surface area contributed by atoms with Crippen molar-refractivity contribution in [1.82, 2.24) is 0 Å². The molecule has 0 unspecified atom stereocenters. The van der Waals surface area contributed by atoms with E-state index in [0.29, 0.717) is 16.9 Å². The molecule has 25 heavy (non-hydrogen) atoms. The van der Waals surface area contributed by atoms with E-state index in [4.69, 9.17) is 4.74 Å². The summed E-state index contributed by atoms with van der Waals surface area (Å²) in [6, 6.07) is 12.3. The van der Waals surface area contributed by atoms with Crippen LogP contribution in [0.2, 0.25) is 0 Å². The average molecular weight is 336 g/mol. The molecule has 0 N–H and O–H groups in total. The van der Waals surface area contributed by atoms with E-state index >= 15 is 0 Å². The van der Waals surface area contributed by atoms with Gasteiger partial charge in [-0.25, -0.2) is 4.79 Å². The van der Waals surface area contributed by atoms with Crippen LogP contribution in [0.3, 0.4) is 0 Å². The van der Waals surface area contributed by atoms with Gasteiger partial charge in [-0.1, -0.05) is 6.07 Å². The quantitative estimate of drug-likeness (QED) is 0.481. The monoisotopic (exact) mass is 336 g/mol. The van der Waals surface area contributed by atoms with Crippen molar-refractivity contribution < 1.29 is 14.3 Å². The van der Waals surface area contributed by atoms with Crippen LogP contribution >= 0.6 is 0 Å². The van der Waals surface area contributed by atoms with Crippen LogP contribution < -0.4 is 9.75 Å². The normalized spacial score (nSPS) is 13.6. The van der Waals surface area contributed by atoms with Gasteiger partial charge in [-0.2, -0.15) is 5.10 Å². The fourth-order valence-electron chi connectivity index (χ4n) is 2.69. The number of ether oxygens (including phenoxy) is 1. The van der Waals surface area contributed by atoms with Crippen LogP contribution in [0.4, 0.5) is 5.69 Å². The van der Waals surface area contributed by atoms with Crippen LogP contribution in [-0.4, -0.2) is 24.0 Å². The van der Waals surface area contributed by atoms with Crippen LogP contribution in [0.1, 0.15) is 46.5 Å². The zero-order valence-corrected chi connectivity index (χ0v) is 14.6. The van der Waals surface area contributed by atoms with Crippen LogP contribution in [0.15, 0.2) is 47.6 Å². The molecule has 0 saturated carbocycles. The Morgan fingerprint density at radius 1 is 1.08 bits per heavy atom. The first kappa shape index (κ1) is 16.9. The summed E-state index contributed by atoms with van der Waals surface area (Å²) in [5, 5.41) is 6.35. The molecule has 0 aliphatic carbocycles. The third-order valence-corrected chi connectivity index (χ3v) is 4.10. The standard InChI is InChI=1S/C20H20N2O3/c1-13-4-9-18(15(3)23)19(12-13)25-20(24)16-5-7-17(8-6-16)22-11-10-14(2)21-22/h4-9,12H,10-11H2,1-3H3. The van der Waals surface area contributed by atoms with Gasteiger partial charge >= 0.3 is 5.97 Å². The van der Waals surface area contributed by atoms with Crippen molar-refractivity contribution >= 4 is 23.2 Å². The molecule has 0 atom stereocenters. The van der Waals surface area contributed by atoms with Gasteiger partial charge in [0.15, 0.2) is 5.78 Å². The summed E-state index contributed by atoms with van der Waals surface area (Å²) in [5.74, 6) is -0.331. The molecule has 0 aromatic heterocycles. The van der Waals surface area contributed by atoms with Gasteiger partial charge in [0, 0.05) is 18.7 Å². The van der Waals surface area contributed by atoms with E-state index in [-0.39, 0.29) is 5.78 Å². The lowest BCUT2D eigenvalue weighted by molar-refractivity contribution is 0.0733. The molecule has 5 nitrogen and oxygen atoms in total. The van der Waals surface area contributed by atoms with Crippen molar-refractivity contribution in [1.29, 1.82) is 0 Å². The molecule has 0 spiro atoms. The second-order valence-corrected chi connectivity index (χ2v) is 6.20. The summed E-state index contributed by atoms with van der Waals surface area (Å²) in [6.07, 6.45) is 0.949. The number of carbonyl (C=O) groups excluding carboxylic acids is 2. The molecular weight excluding hydrogens is 316 g/mol. The summed E-state index contributed by atoms with van der Waals surface area (Å²) in [6.45, 7) is 6.19. The first-order valence-corrected chi connectivity index (χ1v) is 8.19. The second kappa shape index (κ2) is 6.89. The maximum absolute atomic E-state index is 12.4. The van der Waals surface area contributed by atoms with E-state index < -0.39 is 5.97 Å². The minimum absolute atomic E-state index is 0.139.